The molecule has 0 saturated heterocycles. The third-order valence-electron chi connectivity index (χ3n) is 5.06. The molecule has 1 rings (SSSR count). The van der Waals surface area contributed by atoms with E-state index >= 15 is 0 Å². The molecule has 0 aromatic heterocycles. The molecule has 0 aromatic carbocycles. The minimum atomic E-state index is 0.324. The lowest BCUT2D eigenvalue weighted by molar-refractivity contribution is 0.0586. The molecule has 1 fully saturated rings. The molecule has 0 amide bonds. The van der Waals surface area contributed by atoms with Crippen LogP contribution in [0.5, 0.6) is 0 Å². The number of hydrogen-bond acceptors (Lipinski definition) is 3. The Labute approximate surface area is 120 Å². The third kappa shape index (κ3) is 4.17. The fourth-order valence-electron chi connectivity index (χ4n) is 4.01. The van der Waals surface area contributed by atoms with Gasteiger partial charge in [-0.3, -0.25) is 16.2 Å². The lowest BCUT2D eigenvalue weighted by Crippen LogP contribution is -2.61. The van der Waals surface area contributed by atoms with Gasteiger partial charge in [0.1, 0.15) is 0 Å². The first-order chi connectivity index (χ1) is 9.25. The second-order valence-corrected chi connectivity index (χ2v) is 6.05. The number of nitrogens with zero attached hydrogens (tertiary/aromatic N) is 1. The normalized spacial score (nSPS) is 20.1. The van der Waals surface area contributed by atoms with Gasteiger partial charge in [-0.1, -0.05) is 59.3 Å². The molecule has 3 N–H and O–H groups in total. The quantitative estimate of drug-likeness (QED) is 0.363. The summed E-state index contributed by atoms with van der Waals surface area (Å²) in [6, 6.07) is 0.465. The van der Waals surface area contributed by atoms with Gasteiger partial charge in [-0.05, 0) is 32.4 Å². The molecule has 1 aliphatic carbocycles. The maximum Gasteiger partial charge on any atom is 0.0394 e. The average molecular weight is 269 g/mol. The number of rotatable bonds is 10. The van der Waals surface area contributed by atoms with Gasteiger partial charge in [-0.25, -0.2) is 0 Å². The van der Waals surface area contributed by atoms with Gasteiger partial charge < -0.3 is 0 Å². The Balaban J connectivity index is 2.65. The van der Waals surface area contributed by atoms with Gasteiger partial charge in [0, 0.05) is 11.6 Å². The summed E-state index contributed by atoms with van der Waals surface area (Å²) in [6.07, 6.45) is 11.9. The summed E-state index contributed by atoms with van der Waals surface area (Å²) in [5.74, 6) is 5.92. The number of nitrogens with one attached hydrogen (secondary N) is 1. The summed E-state index contributed by atoms with van der Waals surface area (Å²) in [7, 11) is 0. The summed E-state index contributed by atoms with van der Waals surface area (Å²) in [5.41, 5.74) is 3.49. The monoisotopic (exact) mass is 269 g/mol. The fourth-order valence-corrected chi connectivity index (χ4v) is 4.01. The maximum absolute atomic E-state index is 5.92. The summed E-state index contributed by atoms with van der Waals surface area (Å²) in [4.78, 5) is 2.66. The topological polar surface area (TPSA) is 41.3 Å². The Kier molecular flexibility index (Phi) is 7.96. The molecule has 0 spiro atoms. The van der Waals surface area contributed by atoms with Crippen LogP contribution < -0.4 is 11.3 Å². The molecule has 3 heteroatoms. The van der Waals surface area contributed by atoms with Crippen molar-refractivity contribution >= 4 is 0 Å². The van der Waals surface area contributed by atoms with E-state index in [9.17, 15) is 0 Å². The van der Waals surface area contributed by atoms with Gasteiger partial charge in [0.15, 0.2) is 0 Å². The van der Waals surface area contributed by atoms with E-state index in [2.05, 4.69) is 31.1 Å². The van der Waals surface area contributed by atoms with E-state index < -0.39 is 0 Å². The first-order valence-electron chi connectivity index (χ1n) is 8.46. The molecular weight excluding hydrogens is 234 g/mol. The van der Waals surface area contributed by atoms with E-state index in [-0.39, 0.29) is 0 Å². The van der Waals surface area contributed by atoms with Crippen LogP contribution in [0.1, 0.15) is 78.6 Å². The average Bonchev–Trinajstić information content (AvgIpc) is 2.91. The SMILES string of the molecule is CCCCCCC(NN)C1(N(CC)CC)CCCC1. The minimum Gasteiger partial charge on any atom is -0.297 e. The van der Waals surface area contributed by atoms with Crippen molar-refractivity contribution in [1.82, 2.24) is 10.3 Å². The molecule has 1 unspecified atom stereocenters. The highest BCUT2D eigenvalue weighted by Gasteiger charge is 2.44. The minimum absolute atomic E-state index is 0.324. The van der Waals surface area contributed by atoms with Gasteiger partial charge in [-0.15, -0.1) is 0 Å². The largest absolute Gasteiger partial charge is 0.297 e. The van der Waals surface area contributed by atoms with Crippen molar-refractivity contribution in [2.75, 3.05) is 13.1 Å². The van der Waals surface area contributed by atoms with Crippen LogP contribution in [0, 0.1) is 0 Å². The van der Waals surface area contributed by atoms with Crippen LogP contribution in [0.25, 0.3) is 0 Å². The first-order valence-corrected chi connectivity index (χ1v) is 8.46. The highest BCUT2D eigenvalue weighted by atomic mass is 15.3. The zero-order chi connectivity index (χ0) is 14.1. The summed E-state index contributed by atoms with van der Waals surface area (Å²) in [5, 5.41) is 0. The van der Waals surface area contributed by atoms with Crippen molar-refractivity contribution in [3.63, 3.8) is 0 Å². The van der Waals surface area contributed by atoms with Crippen LogP contribution in [0.3, 0.4) is 0 Å². The molecule has 0 heterocycles. The van der Waals surface area contributed by atoms with Crippen molar-refractivity contribution in [3.05, 3.63) is 0 Å². The summed E-state index contributed by atoms with van der Waals surface area (Å²) in [6.45, 7) is 9.13. The van der Waals surface area contributed by atoms with E-state index in [0.717, 1.165) is 13.1 Å². The lowest BCUT2D eigenvalue weighted by atomic mass is 9.83. The lowest BCUT2D eigenvalue weighted by Gasteiger charge is -2.46. The summed E-state index contributed by atoms with van der Waals surface area (Å²) >= 11 is 0. The van der Waals surface area contributed by atoms with Gasteiger partial charge in [0.05, 0.1) is 0 Å². The van der Waals surface area contributed by atoms with Crippen molar-refractivity contribution in [2.24, 2.45) is 5.84 Å². The number of nitrogens with two attached hydrogens (primary N) is 1. The van der Waals surface area contributed by atoms with Crippen LogP contribution in [0.15, 0.2) is 0 Å². The zero-order valence-electron chi connectivity index (χ0n) is 13.4. The molecule has 1 saturated carbocycles. The zero-order valence-corrected chi connectivity index (χ0v) is 13.4. The molecule has 19 heavy (non-hydrogen) atoms. The van der Waals surface area contributed by atoms with Crippen molar-refractivity contribution < 1.29 is 0 Å². The van der Waals surface area contributed by atoms with Crippen molar-refractivity contribution in [2.45, 2.75) is 90.1 Å². The summed E-state index contributed by atoms with van der Waals surface area (Å²) < 4.78 is 0. The van der Waals surface area contributed by atoms with Gasteiger partial charge in [0.2, 0.25) is 0 Å². The number of likely N-dealkylation sites (N-methyl/N-ethyl adjacent to an activating group) is 1. The van der Waals surface area contributed by atoms with Crippen LogP contribution in [0.4, 0.5) is 0 Å². The molecule has 114 valence electrons. The Hall–Kier alpha value is -0.120. The fraction of sp³-hybridized carbons (Fsp3) is 1.00. The molecule has 0 bridgehead atoms. The molecule has 1 aliphatic rings. The number of unbranched alkanes of at least 4 members (excludes halogenated alkanes) is 3. The van der Waals surface area contributed by atoms with E-state index in [1.54, 1.807) is 0 Å². The van der Waals surface area contributed by atoms with Crippen molar-refractivity contribution in [1.29, 1.82) is 0 Å². The van der Waals surface area contributed by atoms with Crippen LogP contribution in [-0.2, 0) is 0 Å². The smallest absolute Gasteiger partial charge is 0.0394 e. The van der Waals surface area contributed by atoms with Crippen LogP contribution in [0.2, 0.25) is 0 Å². The first kappa shape index (κ1) is 16.9. The van der Waals surface area contributed by atoms with E-state index in [1.165, 1.54) is 57.8 Å². The van der Waals surface area contributed by atoms with E-state index in [1.807, 2.05) is 0 Å². The van der Waals surface area contributed by atoms with Crippen LogP contribution in [-0.4, -0.2) is 29.6 Å². The van der Waals surface area contributed by atoms with E-state index in [0.29, 0.717) is 11.6 Å². The predicted octanol–water partition coefficient (Wildman–Crippen LogP) is 3.44. The second-order valence-electron chi connectivity index (χ2n) is 6.05. The van der Waals surface area contributed by atoms with Crippen molar-refractivity contribution in [3.8, 4) is 0 Å². The van der Waals surface area contributed by atoms with Gasteiger partial charge >= 0.3 is 0 Å². The molecule has 3 nitrogen and oxygen atoms in total. The van der Waals surface area contributed by atoms with E-state index in [4.69, 9.17) is 5.84 Å². The van der Waals surface area contributed by atoms with Gasteiger partial charge in [-0.2, -0.15) is 0 Å². The molecule has 0 radical (unpaired) electrons. The second kappa shape index (κ2) is 8.93. The standard InChI is InChI=1S/C16H35N3/c1-4-7-8-9-12-15(18-17)16(13-10-11-14-16)19(5-2)6-3/h15,18H,4-14,17H2,1-3H3. The molecule has 0 aliphatic heterocycles. The Morgan fingerprint density at radius 3 is 2.16 bits per heavy atom. The Morgan fingerprint density at radius 1 is 1.05 bits per heavy atom. The predicted molar refractivity (Wildman–Crippen MR) is 84.0 cm³/mol. The highest BCUT2D eigenvalue weighted by Crippen LogP contribution is 2.39. The van der Waals surface area contributed by atoms with Crippen LogP contribution >= 0.6 is 0 Å². The third-order valence-corrected chi connectivity index (χ3v) is 5.06. The molecule has 0 aromatic rings. The Morgan fingerprint density at radius 2 is 1.68 bits per heavy atom. The number of hydrogen-bond donors (Lipinski definition) is 2. The highest BCUT2D eigenvalue weighted by molar-refractivity contribution is 5.02. The van der Waals surface area contributed by atoms with Gasteiger partial charge in [0.25, 0.3) is 0 Å². The maximum atomic E-state index is 5.92. The molecular formula is C16H35N3. The number of hydrazine groups is 1. The molecule has 1 atom stereocenters. The Bertz CT molecular complexity index is 220.